The second-order valence-corrected chi connectivity index (χ2v) is 19.7. The lowest BCUT2D eigenvalue weighted by Gasteiger charge is -2.36. The van der Waals surface area contributed by atoms with E-state index in [-0.39, 0.29) is 11.8 Å². The molecular weight excluding hydrogens is 930 g/mol. The van der Waals surface area contributed by atoms with Gasteiger partial charge in [-0.1, -0.05) is 119 Å². The van der Waals surface area contributed by atoms with Crippen molar-refractivity contribution < 1.29 is 9.59 Å². The van der Waals surface area contributed by atoms with Gasteiger partial charge >= 0.3 is 0 Å². The molecule has 0 aromatic heterocycles. The first kappa shape index (κ1) is 48.0. The standard InChI is InChI=1S/2C28H29Cl2N3O/c2*29-25-8-5-9-26(27(25)30)33-16-14-32(15-17-33)13-4-3-12-31-28(34)21-10-11-24-22(19-21)18-20-6-1-2-7-23(20)24/h2*1-2,5-11,19H,3-4,12-18H2,(H,31,34). The molecule has 10 rings (SSSR count). The maximum atomic E-state index is 12.7. The van der Waals surface area contributed by atoms with Gasteiger partial charge in [-0.3, -0.25) is 19.4 Å². The van der Waals surface area contributed by atoms with Gasteiger partial charge in [0.1, 0.15) is 0 Å². The molecular formula is C56H58Cl4N6O2. The first-order chi connectivity index (χ1) is 33.2. The topological polar surface area (TPSA) is 71.2 Å². The number of carbonyl (C=O) groups is 2. The number of nitrogens with one attached hydrogen (secondary N) is 2. The van der Waals surface area contributed by atoms with E-state index in [1.807, 2.05) is 48.5 Å². The van der Waals surface area contributed by atoms with Gasteiger partial charge in [-0.15, -0.1) is 0 Å². The van der Waals surface area contributed by atoms with Crippen LogP contribution in [-0.4, -0.2) is 100 Å². The minimum absolute atomic E-state index is 0.0192. The van der Waals surface area contributed by atoms with Crippen molar-refractivity contribution in [3.63, 3.8) is 0 Å². The van der Waals surface area contributed by atoms with Gasteiger partial charge in [-0.25, -0.2) is 0 Å². The molecule has 2 aliphatic carbocycles. The average Bonchev–Trinajstić information content (AvgIpc) is 3.94. The van der Waals surface area contributed by atoms with Crippen LogP contribution in [0.15, 0.2) is 121 Å². The van der Waals surface area contributed by atoms with E-state index in [2.05, 4.69) is 103 Å². The van der Waals surface area contributed by atoms with Crippen LogP contribution >= 0.6 is 46.4 Å². The number of unbranched alkanes of at least 4 members (excludes halogenated alkanes) is 2. The SMILES string of the molecule is O=C(NCCCCN1CCN(c2cccc(Cl)c2Cl)CC1)c1ccc2c(c1)Cc1ccccc1-2.O=C(NCCCCN1CCN(c2cccc(Cl)c2Cl)CC1)c1ccc2c(c1)Cc1ccccc1-2. The van der Waals surface area contributed by atoms with E-state index >= 15 is 0 Å². The number of nitrogens with zero attached hydrogens (tertiary/aromatic N) is 4. The van der Waals surface area contributed by atoms with Crippen molar-refractivity contribution in [3.05, 3.63) is 175 Å². The second kappa shape index (κ2) is 22.6. The molecule has 352 valence electrons. The maximum absolute atomic E-state index is 12.7. The molecule has 0 atom stereocenters. The van der Waals surface area contributed by atoms with Crippen LogP contribution in [0.3, 0.4) is 0 Å². The molecule has 0 radical (unpaired) electrons. The van der Waals surface area contributed by atoms with Crippen molar-refractivity contribution in [2.75, 3.05) is 88.3 Å². The van der Waals surface area contributed by atoms with Gasteiger partial charge in [0, 0.05) is 76.6 Å². The third kappa shape index (κ3) is 11.3. The highest BCUT2D eigenvalue weighted by atomic mass is 35.5. The molecule has 0 bridgehead atoms. The van der Waals surface area contributed by atoms with Gasteiger partial charge < -0.3 is 20.4 Å². The van der Waals surface area contributed by atoms with Crippen LogP contribution < -0.4 is 20.4 Å². The van der Waals surface area contributed by atoms with Crippen LogP contribution in [0.4, 0.5) is 11.4 Å². The number of benzene rings is 6. The highest BCUT2D eigenvalue weighted by Crippen LogP contribution is 2.39. The van der Waals surface area contributed by atoms with Crippen LogP contribution in [0.2, 0.25) is 20.1 Å². The highest BCUT2D eigenvalue weighted by Gasteiger charge is 2.23. The van der Waals surface area contributed by atoms with Gasteiger partial charge in [-0.05, 0) is 145 Å². The summed E-state index contributed by atoms with van der Waals surface area (Å²) in [6.45, 7) is 11.3. The van der Waals surface area contributed by atoms with Crippen molar-refractivity contribution in [1.82, 2.24) is 20.4 Å². The minimum atomic E-state index is 0.0192. The molecule has 2 saturated heterocycles. The molecule has 0 unspecified atom stereocenters. The summed E-state index contributed by atoms with van der Waals surface area (Å²) in [5, 5.41) is 8.68. The van der Waals surface area contributed by atoms with Gasteiger partial charge in [0.15, 0.2) is 0 Å². The first-order valence-electron chi connectivity index (χ1n) is 24.0. The molecule has 2 N–H and O–H groups in total. The normalized spacial score (nSPS) is 15.2. The summed E-state index contributed by atoms with van der Waals surface area (Å²) in [5.74, 6) is 0.0385. The Balaban J connectivity index is 0.000000170. The molecule has 68 heavy (non-hydrogen) atoms. The lowest BCUT2D eigenvalue weighted by Crippen LogP contribution is -2.46. The Morgan fingerprint density at radius 3 is 1.25 bits per heavy atom. The molecule has 2 aliphatic heterocycles. The van der Waals surface area contributed by atoms with Crippen molar-refractivity contribution in [2.45, 2.75) is 38.5 Å². The van der Waals surface area contributed by atoms with Crippen LogP contribution in [0, 0.1) is 0 Å². The summed E-state index contributed by atoms with van der Waals surface area (Å²) in [6.07, 6.45) is 5.90. The Kier molecular flexibility index (Phi) is 15.9. The van der Waals surface area contributed by atoms with Crippen LogP contribution in [0.5, 0.6) is 0 Å². The molecule has 0 spiro atoms. The highest BCUT2D eigenvalue weighted by molar-refractivity contribution is 6.44. The molecule has 6 aromatic carbocycles. The van der Waals surface area contributed by atoms with E-state index < -0.39 is 0 Å². The van der Waals surface area contributed by atoms with Crippen molar-refractivity contribution in [2.24, 2.45) is 0 Å². The Bertz CT molecular complexity index is 2560. The summed E-state index contributed by atoms with van der Waals surface area (Å²) in [7, 11) is 0. The summed E-state index contributed by atoms with van der Waals surface area (Å²) >= 11 is 25.1. The Labute approximate surface area is 421 Å². The molecule has 2 heterocycles. The van der Waals surface area contributed by atoms with Crippen molar-refractivity contribution in [3.8, 4) is 22.3 Å². The van der Waals surface area contributed by atoms with E-state index in [0.717, 1.165) is 126 Å². The maximum Gasteiger partial charge on any atom is 0.251 e. The average molecular weight is 989 g/mol. The summed E-state index contributed by atoms with van der Waals surface area (Å²) in [6, 6.07) is 40.7. The van der Waals surface area contributed by atoms with E-state index in [9.17, 15) is 9.59 Å². The monoisotopic (exact) mass is 986 g/mol. The predicted octanol–water partition coefficient (Wildman–Crippen LogP) is 11.8. The predicted molar refractivity (Wildman–Crippen MR) is 283 cm³/mol. The molecule has 0 saturated carbocycles. The van der Waals surface area contributed by atoms with Crippen molar-refractivity contribution in [1.29, 1.82) is 0 Å². The van der Waals surface area contributed by atoms with Gasteiger partial charge in [0.25, 0.3) is 11.8 Å². The Hall–Kier alpha value is -5.06. The molecule has 2 amide bonds. The van der Waals surface area contributed by atoms with Crippen LogP contribution in [0.25, 0.3) is 22.3 Å². The zero-order valence-electron chi connectivity index (χ0n) is 38.4. The summed E-state index contributed by atoms with van der Waals surface area (Å²) < 4.78 is 0. The number of anilines is 2. The molecule has 12 heteroatoms. The van der Waals surface area contributed by atoms with Crippen LogP contribution in [0.1, 0.15) is 68.7 Å². The van der Waals surface area contributed by atoms with E-state index in [4.69, 9.17) is 46.4 Å². The third-order valence-electron chi connectivity index (χ3n) is 13.8. The van der Waals surface area contributed by atoms with Gasteiger partial charge in [-0.2, -0.15) is 0 Å². The number of hydrogen-bond donors (Lipinski definition) is 2. The van der Waals surface area contributed by atoms with E-state index in [0.29, 0.717) is 33.2 Å². The largest absolute Gasteiger partial charge is 0.368 e. The Morgan fingerprint density at radius 1 is 0.426 bits per heavy atom. The molecule has 8 nitrogen and oxygen atoms in total. The molecule has 4 aliphatic rings. The summed E-state index contributed by atoms with van der Waals surface area (Å²) in [4.78, 5) is 34.9. The number of rotatable bonds is 14. The smallest absolute Gasteiger partial charge is 0.251 e. The van der Waals surface area contributed by atoms with E-state index in [1.54, 1.807) is 0 Å². The zero-order chi connectivity index (χ0) is 47.0. The molecule has 6 aromatic rings. The van der Waals surface area contributed by atoms with E-state index in [1.165, 1.54) is 44.5 Å². The van der Waals surface area contributed by atoms with Gasteiger partial charge in [0.05, 0.1) is 31.5 Å². The second-order valence-electron chi connectivity index (χ2n) is 18.1. The fourth-order valence-electron chi connectivity index (χ4n) is 10.00. The number of carbonyl (C=O) groups excluding carboxylic acids is 2. The summed E-state index contributed by atoms with van der Waals surface area (Å²) in [5.41, 5.74) is 13.8. The fraction of sp³-hybridized carbons (Fsp3) is 0.321. The van der Waals surface area contributed by atoms with Crippen molar-refractivity contribution >= 4 is 69.6 Å². The molecule has 2 fully saturated rings. The lowest BCUT2D eigenvalue weighted by molar-refractivity contribution is 0.0944. The van der Waals surface area contributed by atoms with Gasteiger partial charge in [0.2, 0.25) is 0 Å². The van der Waals surface area contributed by atoms with Crippen LogP contribution in [-0.2, 0) is 12.8 Å². The number of hydrogen-bond acceptors (Lipinski definition) is 6. The number of fused-ring (bicyclic) bond motifs is 6. The fourth-order valence-corrected chi connectivity index (χ4v) is 10.8. The lowest BCUT2D eigenvalue weighted by atomic mass is 10.0. The zero-order valence-corrected chi connectivity index (χ0v) is 41.4. The number of halogens is 4. The number of piperazine rings is 2. The minimum Gasteiger partial charge on any atom is -0.368 e. The first-order valence-corrected chi connectivity index (χ1v) is 25.5. The quantitative estimate of drug-likeness (QED) is 0.106. The third-order valence-corrected chi connectivity index (χ3v) is 15.4. The Morgan fingerprint density at radius 2 is 0.824 bits per heavy atom. The number of amides is 2.